The molecule has 1 rings (SSSR count). The third-order valence-corrected chi connectivity index (χ3v) is 2.11. The van der Waals surface area contributed by atoms with Gasteiger partial charge in [-0.25, -0.2) is 0 Å². The second kappa shape index (κ2) is 4.62. The standard InChI is InChI=1S/C6H10ClN3S/c1-11-3-2-10-5-6(4-7)8-9-10/h5H,2-4H2,1H3. The van der Waals surface area contributed by atoms with E-state index in [1.807, 2.05) is 10.9 Å². The largest absolute Gasteiger partial charge is 0.251 e. The van der Waals surface area contributed by atoms with Crippen LogP contribution in [0.3, 0.4) is 0 Å². The van der Waals surface area contributed by atoms with Crippen molar-refractivity contribution >= 4 is 23.4 Å². The Hall–Kier alpha value is -0.220. The molecule has 1 aromatic heterocycles. The smallest absolute Gasteiger partial charge is 0.0974 e. The summed E-state index contributed by atoms with van der Waals surface area (Å²) in [4.78, 5) is 0. The van der Waals surface area contributed by atoms with E-state index in [0.717, 1.165) is 18.0 Å². The molecule has 0 spiro atoms. The molecular weight excluding hydrogens is 182 g/mol. The van der Waals surface area contributed by atoms with E-state index < -0.39 is 0 Å². The first-order valence-corrected chi connectivity index (χ1v) is 5.23. The summed E-state index contributed by atoms with van der Waals surface area (Å²) in [6.45, 7) is 0.908. The number of halogens is 1. The van der Waals surface area contributed by atoms with Gasteiger partial charge in [0.1, 0.15) is 0 Å². The first-order valence-electron chi connectivity index (χ1n) is 3.30. The van der Waals surface area contributed by atoms with Gasteiger partial charge in [-0.15, -0.1) is 16.7 Å². The highest BCUT2D eigenvalue weighted by molar-refractivity contribution is 7.98. The minimum atomic E-state index is 0.444. The van der Waals surface area contributed by atoms with Crippen molar-refractivity contribution in [2.45, 2.75) is 12.4 Å². The summed E-state index contributed by atoms with van der Waals surface area (Å²) >= 11 is 7.34. The Labute approximate surface area is 75.1 Å². The third kappa shape index (κ3) is 2.71. The number of hydrogen-bond acceptors (Lipinski definition) is 3. The molecule has 0 N–H and O–H groups in total. The van der Waals surface area contributed by atoms with Gasteiger partial charge < -0.3 is 0 Å². The van der Waals surface area contributed by atoms with Crippen molar-refractivity contribution in [2.24, 2.45) is 0 Å². The summed E-state index contributed by atoms with van der Waals surface area (Å²) in [6, 6.07) is 0. The van der Waals surface area contributed by atoms with Crippen LogP contribution in [0.1, 0.15) is 5.69 Å². The molecule has 0 unspecified atom stereocenters. The number of alkyl halides is 1. The van der Waals surface area contributed by atoms with Crippen LogP contribution in [0.4, 0.5) is 0 Å². The van der Waals surface area contributed by atoms with Gasteiger partial charge >= 0.3 is 0 Å². The molecule has 1 heterocycles. The molecule has 11 heavy (non-hydrogen) atoms. The second-order valence-electron chi connectivity index (χ2n) is 2.10. The van der Waals surface area contributed by atoms with Gasteiger partial charge in [0, 0.05) is 11.9 Å². The minimum Gasteiger partial charge on any atom is -0.251 e. The SMILES string of the molecule is CSCCn1cc(CCl)nn1. The summed E-state index contributed by atoms with van der Waals surface area (Å²) in [6.07, 6.45) is 3.95. The fourth-order valence-electron chi connectivity index (χ4n) is 0.694. The lowest BCUT2D eigenvalue weighted by Gasteiger charge is -1.94. The molecule has 1 aromatic rings. The molecule has 0 saturated heterocycles. The van der Waals surface area contributed by atoms with Crippen molar-refractivity contribution in [2.75, 3.05) is 12.0 Å². The molecule has 0 atom stereocenters. The van der Waals surface area contributed by atoms with Crippen molar-refractivity contribution in [3.8, 4) is 0 Å². The van der Waals surface area contributed by atoms with Crippen molar-refractivity contribution in [3.63, 3.8) is 0 Å². The van der Waals surface area contributed by atoms with Crippen LogP contribution in [-0.4, -0.2) is 27.0 Å². The number of hydrogen-bond donors (Lipinski definition) is 0. The summed E-state index contributed by atoms with van der Waals surface area (Å²) in [5.74, 6) is 1.50. The van der Waals surface area contributed by atoms with Gasteiger partial charge in [-0.1, -0.05) is 5.21 Å². The fraction of sp³-hybridized carbons (Fsp3) is 0.667. The van der Waals surface area contributed by atoms with Gasteiger partial charge in [-0.05, 0) is 6.26 Å². The first-order chi connectivity index (χ1) is 5.36. The number of aryl methyl sites for hydroxylation is 1. The minimum absolute atomic E-state index is 0.444. The summed E-state index contributed by atoms with van der Waals surface area (Å²) in [5.41, 5.74) is 0.841. The molecule has 0 aromatic carbocycles. The Kier molecular flexibility index (Phi) is 3.72. The molecule has 3 nitrogen and oxygen atoms in total. The molecule has 0 bridgehead atoms. The average molecular weight is 192 g/mol. The van der Waals surface area contributed by atoms with E-state index >= 15 is 0 Å². The fourth-order valence-corrected chi connectivity index (χ4v) is 1.19. The predicted molar refractivity (Wildman–Crippen MR) is 48.0 cm³/mol. The van der Waals surface area contributed by atoms with Crippen LogP contribution >= 0.6 is 23.4 Å². The Morgan fingerprint density at radius 3 is 3.09 bits per heavy atom. The van der Waals surface area contributed by atoms with Crippen LogP contribution in [0.25, 0.3) is 0 Å². The van der Waals surface area contributed by atoms with Gasteiger partial charge in [0.05, 0.1) is 18.1 Å². The predicted octanol–water partition coefficient (Wildman–Crippen LogP) is 1.38. The maximum Gasteiger partial charge on any atom is 0.0974 e. The van der Waals surface area contributed by atoms with Gasteiger partial charge in [0.2, 0.25) is 0 Å². The third-order valence-electron chi connectivity index (χ3n) is 1.25. The zero-order chi connectivity index (χ0) is 8.10. The zero-order valence-corrected chi connectivity index (χ0v) is 7.90. The van der Waals surface area contributed by atoms with Crippen LogP contribution in [0.5, 0.6) is 0 Å². The van der Waals surface area contributed by atoms with Gasteiger partial charge in [-0.2, -0.15) is 11.8 Å². The van der Waals surface area contributed by atoms with Crippen molar-refractivity contribution in [1.82, 2.24) is 15.0 Å². The molecule has 0 aliphatic carbocycles. The van der Waals surface area contributed by atoms with E-state index in [4.69, 9.17) is 11.6 Å². The van der Waals surface area contributed by atoms with Crippen LogP contribution in [0.15, 0.2) is 6.20 Å². The number of rotatable bonds is 4. The maximum atomic E-state index is 5.55. The summed E-state index contributed by atoms with van der Waals surface area (Å²) < 4.78 is 1.81. The number of nitrogens with zero attached hydrogens (tertiary/aromatic N) is 3. The molecular formula is C6H10ClN3S. The molecule has 62 valence electrons. The molecule has 0 amide bonds. The van der Waals surface area contributed by atoms with E-state index in [-0.39, 0.29) is 0 Å². The highest BCUT2D eigenvalue weighted by Crippen LogP contribution is 1.99. The van der Waals surface area contributed by atoms with Crippen LogP contribution in [-0.2, 0) is 12.4 Å². The number of thioether (sulfide) groups is 1. The Balaban J connectivity index is 2.44. The van der Waals surface area contributed by atoms with Crippen LogP contribution in [0, 0.1) is 0 Å². The van der Waals surface area contributed by atoms with Gasteiger partial charge in [0.15, 0.2) is 0 Å². The molecule has 0 aliphatic heterocycles. The van der Waals surface area contributed by atoms with E-state index in [1.165, 1.54) is 0 Å². The van der Waals surface area contributed by atoms with Crippen LogP contribution < -0.4 is 0 Å². The van der Waals surface area contributed by atoms with E-state index in [9.17, 15) is 0 Å². The normalized spacial score (nSPS) is 10.4. The molecule has 0 saturated carbocycles. The lowest BCUT2D eigenvalue weighted by molar-refractivity contribution is 0.632. The van der Waals surface area contributed by atoms with Crippen LogP contribution in [0.2, 0.25) is 0 Å². The zero-order valence-electron chi connectivity index (χ0n) is 6.33. The molecule has 0 fully saturated rings. The Bertz CT molecular complexity index is 213. The average Bonchev–Trinajstić information content (AvgIpc) is 2.48. The topological polar surface area (TPSA) is 30.7 Å². The highest BCUT2D eigenvalue weighted by Gasteiger charge is 1.96. The van der Waals surface area contributed by atoms with E-state index in [2.05, 4.69) is 16.6 Å². The monoisotopic (exact) mass is 191 g/mol. The lowest BCUT2D eigenvalue weighted by Crippen LogP contribution is -2.00. The van der Waals surface area contributed by atoms with Gasteiger partial charge in [0.25, 0.3) is 0 Å². The molecule has 5 heteroatoms. The maximum absolute atomic E-state index is 5.55. The Morgan fingerprint density at radius 2 is 2.55 bits per heavy atom. The van der Waals surface area contributed by atoms with E-state index in [0.29, 0.717) is 5.88 Å². The molecule has 0 radical (unpaired) electrons. The number of aromatic nitrogens is 3. The quantitative estimate of drug-likeness (QED) is 0.674. The Morgan fingerprint density at radius 1 is 1.73 bits per heavy atom. The summed E-state index contributed by atoms with van der Waals surface area (Å²) in [5, 5.41) is 7.75. The van der Waals surface area contributed by atoms with E-state index in [1.54, 1.807) is 11.8 Å². The van der Waals surface area contributed by atoms with Gasteiger partial charge in [-0.3, -0.25) is 4.68 Å². The van der Waals surface area contributed by atoms with Crippen molar-refractivity contribution in [3.05, 3.63) is 11.9 Å². The summed E-state index contributed by atoms with van der Waals surface area (Å²) in [7, 11) is 0. The second-order valence-corrected chi connectivity index (χ2v) is 3.35. The first kappa shape index (κ1) is 8.87. The highest BCUT2D eigenvalue weighted by atomic mass is 35.5. The van der Waals surface area contributed by atoms with Crippen molar-refractivity contribution < 1.29 is 0 Å². The molecule has 0 aliphatic rings. The lowest BCUT2D eigenvalue weighted by atomic mass is 10.5. The van der Waals surface area contributed by atoms with Crippen molar-refractivity contribution in [1.29, 1.82) is 0 Å².